The molecule has 0 aliphatic heterocycles. The lowest BCUT2D eigenvalue weighted by Gasteiger charge is -1.85. The van der Waals surface area contributed by atoms with Crippen molar-refractivity contribution in [3.63, 3.8) is 0 Å². The maximum atomic E-state index is 9.58. The van der Waals surface area contributed by atoms with Gasteiger partial charge in [0.25, 0.3) is 0 Å². The van der Waals surface area contributed by atoms with E-state index in [0.717, 1.165) is 0 Å². The fourth-order valence-corrected chi connectivity index (χ4v) is 0.102. The summed E-state index contributed by atoms with van der Waals surface area (Å²) < 4.78 is 0. The first-order valence-electron chi connectivity index (χ1n) is 1.27. The molecule has 0 saturated heterocycles. The van der Waals surface area contributed by atoms with Crippen molar-refractivity contribution < 1.29 is 9.63 Å². The maximum Gasteiger partial charge on any atom is 0.347 e. The highest BCUT2D eigenvalue weighted by molar-refractivity contribution is 6.62. The van der Waals surface area contributed by atoms with Crippen molar-refractivity contribution in [1.29, 1.82) is 5.26 Å². The van der Waals surface area contributed by atoms with Crippen LogP contribution in [0.15, 0.2) is 0 Å². The standard InChI is InChI=1S/C2HClN2O2/c3-2(6)5-7-1-4/h(H,5,6). The number of carbonyl (C=O) groups excluding carboxylic acids is 1. The number of nitrogens with zero attached hydrogens (tertiary/aromatic N) is 1. The van der Waals surface area contributed by atoms with Gasteiger partial charge in [0.1, 0.15) is 0 Å². The zero-order chi connectivity index (χ0) is 5.70. The molecule has 0 heterocycles. The number of hydrogen-bond acceptors (Lipinski definition) is 3. The van der Waals surface area contributed by atoms with E-state index in [4.69, 9.17) is 5.26 Å². The van der Waals surface area contributed by atoms with Crippen molar-refractivity contribution in [1.82, 2.24) is 5.48 Å². The molecular weight excluding hydrogens is 119 g/mol. The van der Waals surface area contributed by atoms with Gasteiger partial charge in [-0.15, -0.1) is 5.26 Å². The molecule has 0 saturated carbocycles. The summed E-state index contributed by atoms with van der Waals surface area (Å²) in [5.74, 6) is 0. The number of rotatable bonds is 1. The fourth-order valence-electron chi connectivity index (χ4n) is 0.0629. The molecule has 4 nitrogen and oxygen atoms in total. The van der Waals surface area contributed by atoms with Crippen LogP contribution in [0.2, 0.25) is 0 Å². The Labute approximate surface area is 44.6 Å². The summed E-state index contributed by atoms with van der Waals surface area (Å²) in [6.07, 6.45) is 1.18. The zero-order valence-corrected chi connectivity index (χ0v) is 3.90. The molecule has 0 aliphatic rings. The highest BCUT2D eigenvalue weighted by Gasteiger charge is 1.87. The van der Waals surface area contributed by atoms with E-state index in [0.29, 0.717) is 0 Å². The smallest absolute Gasteiger partial charge is 0.298 e. The van der Waals surface area contributed by atoms with Gasteiger partial charge in [0.2, 0.25) is 0 Å². The van der Waals surface area contributed by atoms with Gasteiger partial charge in [0.05, 0.1) is 0 Å². The van der Waals surface area contributed by atoms with Crippen LogP contribution in [0.4, 0.5) is 4.79 Å². The van der Waals surface area contributed by atoms with Gasteiger partial charge < -0.3 is 0 Å². The summed E-state index contributed by atoms with van der Waals surface area (Å²) in [6.45, 7) is 0. The lowest BCUT2D eigenvalue weighted by atomic mass is 11.4. The number of halogens is 1. The van der Waals surface area contributed by atoms with E-state index in [9.17, 15) is 4.79 Å². The zero-order valence-electron chi connectivity index (χ0n) is 3.14. The van der Waals surface area contributed by atoms with Gasteiger partial charge in [-0.3, -0.25) is 9.63 Å². The molecule has 38 valence electrons. The van der Waals surface area contributed by atoms with Gasteiger partial charge in [-0.1, -0.05) is 0 Å². The largest absolute Gasteiger partial charge is 0.347 e. The normalized spacial score (nSPS) is 6.29. The van der Waals surface area contributed by atoms with Crippen molar-refractivity contribution in [2.45, 2.75) is 0 Å². The Hall–Kier alpha value is -0.950. The number of amides is 1. The molecule has 5 heteroatoms. The van der Waals surface area contributed by atoms with Gasteiger partial charge >= 0.3 is 11.6 Å². The van der Waals surface area contributed by atoms with Crippen molar-refractivity contribution >= 4 is 17.0 Å². The van der Waals surface area contributed by atoms with Crippen LogP contribution in [0.5, 0.6) is 0 Å². The summed E-state index contributed by atoms with van der Waals surface area (Å²) >= 11 is 4.63. The van der Waals surface area contributed by atoms with Crippen LogP contribution in [0.1, 0.15) is 0 Å². The van der Waals surface area contributed by atoms with Gasteiger partial charge in [-0.05, 0) is 11.6 Å². The van der Waals surface area contributed by atoms with Gasteiger partial charge in [0, 0.05) is 0 Å². The van der Waals surface area contributed by atoms with Crippen LogP contribution in [-0.4, -0.2) is 5.37 Å². The van der Waals surface area contributed by atoms with E-state index in [2.05, 4.69) is 16.4 Å². The molecule has 0 aromatic rings. The minimum atomic E-state index is -0.915. The third kappa shape index (κ3) is 5.05. The second-order valence-corrected chi connectivity index (χ2v) is 0.912. The molecule has 0 unspecified atom stereocenters. The van der Waals surface area contributed by atoms with Crippen LogP contribution < -0.4 is 5.48 Å². The summed E-state index contributed by atoms with van der Waals surface area (Å²) in [4.78, 5) is 13.2. The summed E-state index contributed by atoms with van der Waals surface area (Å²) in [6, 6.07) is 0. The average Bonchev–Trinajstić information content (AvgIpc) is 1.61. The quantitative estimate of drug-likeness (QED) is 0.235. The third-order valence-electron chi connectivity index (χ3n) is 0.177. The third-order valence-corrected chi connectivity index (χ3v) is 0.254. The number of hydrogen-bond donors (Lipinski definition) is 1. The predicted octanol–water partition coefficient (Wildman–Crippen LogP) is 0.347. The minimum absolute atomic E-state index is 0.915. The first-order valence-corrected chi connectivity index (χ1v) is 1.65. The molecule has 0 bridgehead atoms. The highest BCUT2D eigenvalue weighted by Crippen LogP contribution is 1.73. The monoisotopic (exact) mass is 120 g/mol. The van der Waals surface area contributed by atoms with E-state index in [1.807, 2.05) is 0 Å². The van der Waals surface area contributed by atoms with Crippen LogP contribution >= 0.6 is 11.6 Å². The van der Waals surface area contributed by atoms with E-state index >= 15 is 0 Å². The topological polar surface area (TPSA) is 62.1 Å². The van der Waals surface area contributed by atoms with Crippen molar-refractivity contribution in [3.8, 4) is 6.26 Å². The van der Waals surface area contributed by atoms with Crippen LogP contribution in [0.3, 0.4) is 0 Å². The minimum Gasteiger partial charge on any atom is -0.298 e. The number of carbonyl (C=O) groups is 1. The number of nitriles is 1. The molecule has 0 fully saturated rings. The molecule has 1 amide bonds. The van der Waals surface area contributed by atoms with E-state index in [1.54, 1.807) is 5.48 Å². The maximum absolute atomic E-state index is 9.58. The molecule has 1 N–H and O–H groups in total. The molecule has 0 aromatic carbocycles. The molecule has 7 heavy (non-hydrogen) atoms. The number of nitrogens with one attached hydrogen (secondary N) is 1. The summed E-state index contributed by atoms with van der Waals surface area (Å²) in [5.41, 5.74) is 1.56. The van der Waals surface area contributed by atoms with E-state index < -0.39 is 5.37 Å². The van der Waals surface area contributed by atoms with E-state index in [-0.39, 0.29) is 0 Å². The van der Waals surface area contributed by atoms with Crippen LogP contribution in [0.25, 0.3) is 0 Å². The van der Waals surface area contributed by atoms with Crippen molar-refractivity contribution in [2.24, 2.45) is 0 Å². The Kier molecular flexibility index (Phi) is 2.81. The molecule has 0 rings (SSSR count). The molecule has 0 spiro atoms. The molecule has 0 aromatic heterocycles. The summed E-state index contributed by atoms with van der Waals surface area (Å²) in [5, 5.41) is 6.65. The first-order chi connectivity index (χ1) is 3.27. The van der Waals surface area contributed by atoms with Gasteiger partial charge in [-0.25, -0.2) is 0 Å². The summed E-state index contributed by atoms with van der Waals surface area (Å²) in [7, 11) is 0. The fraction of sp³-hybridized carbons (Fsp3) is 0. The average molecular weight is 120 g/mol. The van der Waals surface area contributed by atoms with Crippen LogP contribution in [-0.2, 0) is 4.84 Å². The second kappa shape index (κ2) is 3.25. The Balaban J connectivity index is 3.02. The predicted molar refractivity (Wildman–Crippen MR) is 21.1 cm³/mol. The van der Waals surface area contributed by atoms with Gasteiger partial charge in [0.15, 0.2) is 0 Å². The SMILES string of the molecule is N#CONC(=O)Cl. The first kappa shape index (κ1) is 6.05. The molecule has 0 radical (unpaired) electrons. The second-order valence-electron chi connectivity index (χ2n) is 0.569. The Morgan fingerprint density at radius 2 is 2.57 bits per heavy atom. The van der Waals surface area contributed by atoms with Crippen LogP contribution in [0, 0.1) is 11.5 Å². The molecule has 0 aliphatic carbocycles. The Bertz CT molecular complexity index is 107. The Morgan fingerprint density at radius 3 is 2.71 bits per heavy atom. The lowest BCUT2D eigenvalue weighted by molar-refractivity contribution is 0.169. The Morgan fingerprint density at radius 1 is 2.00 bits per heavy atom. The highest BCUT2D eigenvalue weighted by atomic mass is 35.5. The van der Waals surface area contributed by atoms with Gasteiger partial charge in [-0.2, -0.15) is 5.48 Å². The van der Waals surface area contributed by atoms with Crippen molar-refractivity contribution in [3.05, 3.63) is 0 Å². The lowest BCUT2D eigenvalue weighted by Crippen LogP contribution is -2.12. The molecular formula is C2HClN2O2. The molecule has 0 atom stereocenters. The van der Waals surface area contributed by atoms with Crippen molar-refractivity contribution in [2.75, 3.05) is 0 Å². The van der Waals surface area contributed by atoms with E-state index in [1.165, 1.54) is 6.26 Å². The number of hydroxylamine groups is 1.